The van der Waals surface area contributed by atoms with Crippen molar-refractivity contribution >= 4 is 26.7 Å². The molecule has 0 spiro atoms. The lowest BCUT2D eigenvalue weighted by Crippen LogP contribution is -2.48. The Hall–Kier alpha value is -2.59. The van der Waals surface area contributed by atoms with Crippen LogP contribution in [0.3, 0.4) is 0 Å². The molecule has 4 nitrogen and oxygen atoms in total. The smallest absolute Gasteiger partial charge is 0.183 e. The van der Waals surface area contributed by atoms with Crippen LogP contribution in [0, 0.1) is 17.1 Å². The summed E-state index contributed by atoms with van der Waals surface area (Å²) in [5.74, 6) is -0.404. The SMILES string of the molecule is N#Cc1ccc2sc(NCC3(c4ncccc4F)CC(F)C3)nc2c1. The molecule has 1 saturated carbocycles. The quantitative estimate of drug-likeness (QED) is 0.762. The van der Waals surface area contributed by atoms with E-state index in [0.717, 1.165) is 10.2 Å². The molecule has 0 amide bonds. The van der Waals surface area contributed by atoms with Crippen molar-refractivity contribution in [3.63, 3.8) is 0 Å². The molecule has 0 radical (unpaired) electrons. The maximum absolute atomic E-state index is 14.2. The fourth-order valence-corrected chi connectivity index (χ4v) is 4.14. The Morgan fingerprint density at radius 3 is 2.92 bits per heavy atom. The van der Waals surface area contributed by atoms with Crippen LogP contribution in [0.2, 0.25) is 0 Å². The van der Waals surface area contributed by atoms with Gasteiger partial charge in [-0.3, -0.25) is 4.98 Å². The van der Waals surface area contributed by atoms with Crippen molar-refractivity contribution in [2.24, 2.45) is 0 Å². The number of nitriles is 1. The number of hydrogen-bond donors (Lipinski definition) is 1. The van der Waals surface area contributed by atoms with E-state index in [4.69, 9.17) is 5.26 Å². The summed E-state index contributed by atoms with van der Waals surface area (Å²) in [6.07, 6.45) is 1.10. The van der Waals surface area contributed by atoms with E-state index in [9.17, 15) is 8.78 Å². The van der Waals surface area contributed by atoms with Crippen LogP contribution in [-0.2, 0) is 5.41 Å². The van der Waals surface area contributed by atoms with Gasteiger partial charge in [0.25, 0.3) is 0 Å². The molecule has 25 heavy (non-hydrogen) atoms. The summed E-state index contributed by atoms with van der Waals surface area (Å²) < 4.78 is 28.7. The minimum Gasteiger partial charge on any atom is -0.361 e. The summed E-state index contributed by atoms with van der Waals surface area (Å²) in [7, 11) is 0. The number of rotatable bonds is 4. The molecule has 0 atom stereocenters. The predicted molar refractivity (Wildman–Crippen MR) is 92.8 cm³/mol. The monoisotopic (exact) mass is 356 g/mol. The highest BCUT2D eigenvalue weighted by atomic mass is 32.1. The van der Waals surface area contributed by atoms with Crippen molar-refractivity contribution < 1.29 is 8.78 Å². The van der Waals surface area contributed by atoms with E-state index in [0.29, 0.717) is 22.9 Å². The second-order valence-corrected chi connectivity index (χ2v) is 7.32. The minimum absolute atomic E-state index is 0.247. The zero-order chi connectivity index (χ0) is 17.4. The van der Waals surface area contributed by atoms with Gasteiger partial charge in [0.15, 0.2) is 5.13 Å². The lowest BCUT2D eigenvalue weighted by molar-refractivity contribution is 0.0965. The van der Waals surface area contributed by atoms with Gasteiger partial charge in [-0.1, -0.05) is 11.3 Å². The van der Waals surface area contributed by atoms with Crippen LogP contribution < -0.4 is 5.32 Å². The minimum atomic E-state index is -0.934. The summed E-state index contributed by atoms with van der Waals surface area (Å²) in [5, 5.41) is 12.8. The van der Waals surface area contributed by atoms with Crippen molar-refractivity contribution in [1.82, 2.24) is 9.97 Å². The summed E-state index contributed by atoms with van der Waals surface area (Å²) in [6.45, 7) is 0.367. The summed E-state index contributed by atoms with van der Waals surface area (Å²) in [4.78, 5) is 8.62. The van der Waals surface area contributed by atoms with Crippen molar-refractivity contribution in [3.8, 4) is 6.07 Å². The topological polar surface area (TPSA) is 61.6 Å². The Kier molecular flexibility index (Phi) is 3.85. The predicted octanol–water partition coefficient (Wildman–Crippen LogP) is 4.18. The first-order valence-electron chi connectivity index (χ1n) is 7.89. The van der Waals surface area contributed by atoms with Crippen molar-refractivity contribution in [2.45, 2.75) is 24.4 Å². The summed E-state index contributed by atoms with van der Waals surface area (Å²) in [5.41, 5.74) is 0.946. The molecular weight excluding hydrogens is 342 g/mol. The number of nitrogens with zero attached hydrogens (tertiary/aromatic N) is 3. The second-order valence-electron chi connectivity index (χ2n) is 6.29. The Bertz CT molecular complexity index is 973. The molecule has 1 N–H and O–H groups in total. The number of anilines is 1. The Labute approximate surface area is 147 Å². The number of hydrogen-bond acceptors (Lipinski definition) is 5. The number of halogens is 2. The molecule has 126 valence electrons. The molecule has 0 saturated heterocycles. The number of benzene rings is 1. The molecule has 1 fully saturated rings. The third kappa shape index (κ3) is 2.83. The van der Waals surface area contributed by atoms with Gasteiger partial charge in [0, 0.05) is 18.2 Å². The molecule has 2 aromatic heterocycles. The molecule has 2 heterocycles. The van der Waals surface area contributed by atoms with Crippen molar-refractivity contribution in [3.05, 3.63) is 53.6 Å². The van der Waals surface area contributed by atoms with Gasteiger partial charge in [-0.05, 0) is 43.2 Å². The van der Waals surface area contributed by atoms with Crippen LogP contribution in [0.4, 0.5) is 13.9 Å². The first kappa shape index (κ1) is 15.9. The highest BCUT2D eigenvalue weighted by molar-refractivity contribution is 7.22. The van der Waals surface area contributed by atoms with Crippen LogP contribution in [0.5, 0.6) is 0 Å². The first-order chi connectivity index (χ1) is 12.1. The van der Waals surface area contributed by atoms with Gasteiger partial charge in [-0.2, -0.15) is 5.26 Å². The van der Waals surface area contributed by atoms with Crippen LogP contribution in [0.15, 0.2) is 36.5 Å². The lowest BCUT2D eigenvalue weighted by Gasteiger charge is -2.43. The van der Waals surface area contributed by atoms with E-state index in [-0.39, 0.29) is 12.8 Å². The van der Waals surface area contributed by atoms with E-state index < -0.39 is 17.4 Å². The Balaban J connectivity index is 1.58. The molecule has 1 aliphatic carbocycles. The third-order valence-electron chi connectivity index (χ3n) is 4.58. The highest BCUT2D eigenvalue weighted by Crippen LogP contribution is 2.45. The largest absolute Gasteiger partial charge is 0.361 e. The van der Waals surface area contributed by atoms with Gasteiger partial charge < -0.3 is 5.32 Å². The molecule has 4 rings (SSSR count). The third-order valence-corrected chi connectivity index (χ3v) is 5.57. The van der Waals surface area contributed by atoms with Gasteiger partial charge in [0.05, 0.1) is 27.5 Å². The van der Waals surface area contributed by atoms with Gasteiger partial charge in [-0.15, -0.1) is 0 Å². The molecule has 0 aliphatic heterocycles. The normalized spacial score (nSPS) is 22.4. The van der Waals surface area contributed by atoms with Crippen LogP contribution >= 0.6 is 11.3 Å². The highest BCUT2D eigenvalue weighted by Gasteiger charge is 2.48. The molecule has 0 bridgehead atoms. The second kappa shape index (κ2) is 6.05. The van der Waals surface area contributed by atoms with E-state index in [2.05, 4.69) is 21.4 Å². The molecular formula is C18H14F2N4S. The van der Waals surface area contributed by atoms with Gasteiger partial charge in [-0.25, -0.2) is 13.8 Å². The van der Waals surface area contributed by atoms with E-state index in [1.54, 1.807) is 12.1 Å². The van der Waals surface area contributed by atoms with Gasteiger partial charge in [0.2, 0.25) is 0 Å². The summed E-state index contributed by atoms with van der Waals surface area (Å²) >= 11 is 1.45. The number of aromatic nitrogens is 2. The lowest BCUT2D eigenvalue weighted by atomic mass is 9.65. The fourth-order valence-electron chi connectivity index (χ4n) is 3.30. The maximum atomic E-state index is 14.2. The fraction of sp³-hybridized carbons (Fsp3) is 0.278. The molecule has 0 unspecified atom stereocenters. The van der Waals surface area contributed by atoms with Gasteiger partial charge in [0.1, 0.15) is 12.0 Å². The van der Waals surface area contributed by atoms with E-state index in [1.165, 1.54) is 29.7 Å². The average molecular weight is 356 g/mol. The number of fused-ring (bicyclic) bond motifs is 1. The van der Waals surface area contributed by atoms with Crippen LogP contribution in [0.1, 0.15) is 24.1 Å². The number of pyridine rings is 1. The molecule has 7 heteroatoms. The first-order valence-corrected chi connectivity index (χ1v) is 8.71. The standard InChI is InChI=1S/C18H14F2N4S/c19-12-7-18(8-12,16-13(20)2-1-5-22-16)10-23-17-24-14-6-11(9-21)3-4-15(14)25-17/h1-6,12H,7-8,10H2,(H,23,24). The number of nitrogens with one attached hydrogen (secondary N) is 1. The van der Waals surface area contributed by atoms with Crippen LogP contribution in [0.25, 0.3) is 10.2 Å². The molecule has 3 aromatic rings. The van der Waals surface area contributed by atoms with Gasteiger partial charge >= 0.3 is 0 Å². The maximum Gasteiger partial charge on any atom is 0.183 e. The van der Waals surface area contributed by atoms with E-state index >= 15 is 0 Å². The van der Waals surface area contributed by atoms with Crippen LogP contribution in [-0.4, -0.2) is 22.7 Å². The molecule has 1 aliphatic rings. The molecule has 1 aromatic carbocycles. The number of alkyl halides is 1. The van der Waals surface area contributed by atoms with Crippen molar-refractivity contribution in [1.29, 1.82) is 5.26 Å². The average Bonchev–Trinajstić information content (AvgIpc) is 3.00. The van der Waals surface area contributed by atoms with E-state index in [1.807, 2.05) is 6.07 Å². The van der Waals surface area contributed by atoms with Crippen molar-refractivity contribution in [2.75, 3.05) is 11.9 Å². The number of thiazole rings is 1. The zero-order valence-corrected chi connectivity index (χ0v) is 14.0. The zero-order valence-electron chi connectivity index (χ0n) is 13.2. The Morgan fingerprint density at radius 1 is 1.36 bits per heavy atom. The summed E-state index contributed by atoms with van der Waals surface area (Å²) in [6, 6.07) is 10.3. The Morgan fingerprint density at radius 2 is 2.20 bits per heavy atom.